The Bertz CT molecular complexity index is 1470. The summed E-state index contributed by atoms with van der Waals surface area (Å²) in [7, 11) is 0. The number of amides is 1. The number of azo groups is 1. The van der Waals surface area contributed by atoms with Gasteiger partial charge in [-0.05, 0) is 35.9 Å². The van der Waals surface area contributed by atoms with Gasteiger partial charge in [0.15, 0.2) is 5.69 Å². The molecular formula is C25H23N5O3S. The molecule has 1 N–H and O–H groups in total. The van der Waals surface area contributed by atoms with Gasteiger partial charge in [-0.1, -0.05) is 30.3 Å². The highest BCUT2D eigenvalue weighted by Crippen LogP contribution is 2.40. The fourth-order valence-corrected chi connectivity index (χ4v) is 5.97. The molecule has 8 nitrogen and oxygen atoms in total. The van der Waals surface area contributed by atoms with Crippen molar-refractivity contribution in [2.45, 2.75) is 25.6 Å². The highest BCUT2D eigenvalue weighted by atomic mass is 32.1. The molecule has 1 saturated heterocycles. The van der Waals surface area contributed by atoms with Crippen molar-refractivity contribution in [2.24, 2.45) is 16.1 Å². The number of carbonyl (C=O) groups is 1. The van der Waals surface area contributed by atoms with Crippen molar-refractivity contribution < 1.29 is 9.90 Å². The Hall–Kier alpha value is -3.56. The van der Waals surface area contributed by atoms with Crippen molar-refractivity contribution in [3.63, 3.8) is 0 Å². The molecular weight excluding hydrogens is 450 g/mol. The van der Waals surface area contributed by atoms with Gasteiger partial charge < -0.3 is 9.67 Å². The summed E-state index contributed by atoms with van der Waals surface area (Å²) < 4.78 is 3.75. The molecule has 2 bridgehead atoms. The van der Waals surface area contributed by atoms with Gasteiger partial charge in [0.1, 0.15) is 0 Å². The Labute approximate surface area is 199 Å². The summed E-state index contributed by atoms with van der Waals surface area (Å²) in [5.41, 5.74) is 2.30. The number of hydrogen-bond donors (Lipinski definition) is 1. The van der Waals surface area contributed by atoms with Crippen molar-refractivity contribution in [3.8, 4) is 5.88 Å². The maximum absolute atomic E-state index is 12.3. The third kappa shape index (κ3) is 3.57. The summed E-state index contributed by atoms with van der Waals surface area (Å²) in [6.07, 6.45) is 1.07. The largest absolute Gasteiger partial charge is 0.493 e. The van der Waals surface area contributed by atoms with Gasteiger partial charge >= 0.3 is 5.91 Å². The Balaban J connectivity index is 1.31. The van der Waals surface area contributed by atoms with E-state index in [0.29, 0.717) is 23.2 Å². The minimum Gasteiger partial charge on any atom is -0.493 e. The standard InChI is InChI=1S/C25H23N5O3S/c31-22-9-3-7-19-17-11-16(13-29(19)22)12-28(14-17)15-30-20-6-2-1-5-18(20)23(25(30)33)26-27-24(32)21-8-4-10-34-21/h1-10,16-17,33H,11-15H2/t16-,17-/m0/s1. The molecule has 1 fully saturated rings. The van der Waals surface area contributed by atoms with Crippen LogP contribution in [0.5, 0.6) is 5.88 Å². The highest BCUT2D eigenvalue weighted by molar-refractivity contribution is 7.12. The van der Waals surface area contributed by atoms with E-state index in [9.17, 15) is 14.7 Å². The van der Waals surface area contributed by atoms with Crippen molar-refractivity contribution in [2.75, 3.05) is 13.1 Å². The number of carbonyl (C=O) groups excluding carboxylic acids is 1. The third-order valence-corrected chi connectivity index (χ3v) is 7.64. The molecule has 3 aromatic heterocycles. The first-order valence-electron chi connectivity index (χ1n) is 11.3. The van der Waals surface area contributed by atoms with E-state index in [1.165, 1.54) is 11.3 Å². The molecule has 5 heterocycles. The number of benzene rings is 1. The zero-order valence-corrected chi connectivity index (χ0v) is 19.2. The minimum absolute atomic E-state index is 0.00344. The van der Waals surface area contributed by atoms with Gasteiger partial charge in [0.2, 0.25) is 5.88 Å². The van der Waals surface area contributed by atoms with Crippen LogP contribution < -0.4 is 5.56 Å². The van der Waals surface area contributed by atoms with E-state index in [4.69, 9.17) is 0 Å². The van der Waals surface area contributed by atoms with Crippen LogP contribution in [0, 0.1) is 5.92 Å². The molecule has 34 heavy (non-hydrogen) atoms. The molecule has 0 aliphatic carbocycles. The molecule has 6 rings (SSSR count). The van der Waals surface area contributed by atoms with Crippen LogP contribution in [0.3, 0.4) is 0 Å². The summed E-state index contributed by atoms with van der Waals surface area (Å²) in [4.78, 5) is 27.5. The van der Waals surface area contributed by atoms with Gasteiger partial charge in [0.05, 0.1) is 17.1 Å². The van der Waals surface area contributed by atoms with Crippen molar-refractivity contribution in [1.29, 1.82) is 0 Å². The lowest BCUT2D eigenvalue weighted by molar-refractivity contribution is 0.0922. The first-order valence-corrected chi connectivity index (χ1v) is 12.2. The highest BCUT2D eigenvalue weighted by Gasteiger charge is 2.35. The van der Waals surface area contributed by atoms with E-state index in [-0.39, 0.29) is 17.4 Å². The van der Waals surface area contributed by atoms with Crippen LogP contribution in [-0.2, 0) is 13.2 Å². The molecule has 1 aromatic carbocycles. The fourth-order valence-electron chi connectivity index (χ4n) is 5.37. The van der Waals surface area contributed by atoms with Gasteiger partial charge in [0, 0.05) is 42.7 Å². The van der Waals surface area contributed by atoms with Crippen molar-refractivity contribution in [1.82, 2.24) is 14.0 Å². The average molecular weight is 474 g/mol. The summed E-state index contributed by atoms with van der Waals surface area (Å²) in [5.74, 6) is 0.242. The van der Waals surface area contributed by atoms with E-state index < -0.39 is 5.91 Å². The van der Waals surface area contributed by atoms with Crippen molar-refractivity contribution >= 4 is 33.8 Å². The molecule has 2 atom stereocenters. The molecule has 9 heteroatoms. The lowest BCUT2D eigenvalue weighted by atomic mass is 9.83. The number of thiophene rings is 1. The van der Waals surface area contributed by atoms with Crippen LogP contribution in [0.25, 0.3) is 10.9 Å². The predicted molar refractivity (Wildman–Crippen MR) is 130 cm³/mol. The van der Waals surface area contributed by atoms with Gasteiger partial charge in [-0.15, -0.1) is 21.6 Å². The normalized spacial score (nSPS) is 20.1. The molecule has 4 aromatic rings. The third-order valence-electron chi connectivity index (χ3n) is 6.79. The second kappa shape index (κ2) is 8.34. The Morgan fingerprint density at radius 1 is 1.06 bits per heavy atom. The van der Waals surface area contributed by atoms with E-state index in [1.807, 2.05) is 44.8 Å². The van der Waals surface area contributed by atoms with Crippen molar-refractivity contribution in [3.05, 3.63) is 80.9 Å². The number of likely N-dealkylation sites (tertiary alicyclic amines) is 1. The van der Waals surface area contributed by atoms with Crippen LogP contribution in [0.4, 0.5) is 5.69 Å². The molecule has 0 saturated carbocycles. The number of rotatable bonds is 4. The summed E-state index contributed by atoms with van der Waals surface area (Å²) in [6, 6.07) is 16.6. The first kappa shape index (κ1) is 21.0. The Morgan fingerprint density at radius 2 is 1.94 bits per heavy atom. The number of piperidine rings is 1. The molecule has 0 spiro atoms. The molecule has 0 radical (unpaired) electrons. The molecule has 172 valence electrons. The molecule has 0 unspecified atom stereocenters. The maximum Gasteiger partial charge on any atom is 0.305 e. The van der Waals surface area contributed by atoms with Crippen LogP contribution in [-0.4, -0.2) is 38.1 Å². The van der Waals surface area contributed by atoms with E-state index in [1.54, 1.807) is 18.2 Å². The minimum atomic E-state index is -0.427. The second-order valence-corrected chi connectivity index (χ2v) is 9.92. The van der Waals surface area contributed by atoms with E-state index in [0.717, 1.165) is 42.7 Å². The number of pyridine rings is 1. The van der Waals surface area contributed by atoms with Gasteiger partial charge in [-0.2, -0.15) is 0 Å². The first-order chi connectivity index (χ1) is 16.6. The van der Waals surface area contributed by atoms with Crippen LogP contribution in [0.1, 0.15) is 27.7 Å². The van der Waals surface area contributed by atoms with Crippen LogP contribution >= 0.6 is 11.3 Å². The zero-order valence-electron chi connectivity index (χ0n) is 18.4. The summed E-state index contributed by atoms with van der Waals surface area (Å²) in [5, 5.41) is 21.7. The smallest absolute Gasteiger partial charge is 0.305 e. The predicted octanol–water partition coefficient (Wildman–Crippen LogP) is 4.57. The number of aromatic nitrogens is 2. The summed E-state index contributed by atoms with van der Waals surface area (Å²) in [6.45, 7) is 2.87. The number of fused-ring (bicyclic) bond motifs is 5. The number of nitrogens with zero attached hydrogens (tertiary/aromatic N) is 5. The van der Waals surface area contributed by atoms with Gasteiger partial charge in [-0.3, -0.25) is 19.1 Å². The van der Waals surface area contributed by atoms with Gasteiger partial charge in [0.25, 0.3) is 5.56 Å². The zero-order chi connectivity index (χ0) is 23.2. The topological polar surface area (TPSA) is 92.2 Å². The summed E-state index contributed by atoms with van der Waals surface area (Å²) >= 11 is 1.31. The van der Waals surface area contributed by atoms with Crippen LogP contribution in [0.15, 0.2) is 75.0 Å². The lowest BCUT2D eigenvalue weighted by Gasteiger charge is -2.42. The Morgan fingerprint density at radius 3 is 2.79 bits per heavy atom. The molecule has 2 aliphatic rings. The number of aromatic hydroxyl groups is 1. The van der Waals surface area contributed by atoms with E-state index >= 15 is 0 Å². The molecule has 2 aliphatic heterocycles. The molecule has 1 amide bonds. The number of hydrogen-bond acceptors (Lipinski definition) is 6. The monoisotopic (exact) mass is 473 g/mol. The van der Waals surface area contributed by atoms with Gasteiger partial charge in [-0.25, -0.2) is 0 Å². The SMILES string of the molecule is O=C(N=Nc1c(O)n(CN2C[C@@H]3C[C@@H](C2)c2cccc(=O)n2C3)c2ccccc12)c1cccs1. The second-order valence-electron chi connectivity index (χ2n) is 8.98. The number of para-hydroxylation sites is 1. The Kier molecular flexibility index (Phi) is 5.15. The quantitative estimate of drug-likeness (QED) is 0.440. The fraction of sp³-hybridized carbons (Fsp3) is 0.280. The van der Waals surface area contributed by atoms with E-state index in [2.05, 4.69) is 21.2 Å². The van der Waals surface area contributed by atoms with Crippen LogP contribution in [0.2, 0.25) is 0 Å². The lowest BCUT2D eigenvalue weighted by Crippen LogP contribution is -2.47. The maximum atomic E-state index is 12.3. The average Bonchev–Trinajstić information content (AvgIpc) is 3.46.